The summed E-state index contributed by atoms with van der Waals surface area (Å²) in [6.45, 7) is 2.91. The van der Waals surface area contributed by atoms with Crippen LogP contribution in [0.5, 0.6) is 5.88 Å². The maximum absolute atomic E-state index is 5.11. The van der Waals surface area contributed by atoms with Crippen LogP contribution in [0.3, 0.4) is 0 Å². The number of hydrogen-bond acceptors (Lipinski definition) is 5. The van der Waals surface area contributed by atoms with Crippen molar-refractivity contribution in [1.82, 2.24) is 25.1 Å². The highest BCUT2D eigenvalue weighted by atomic mass is 16.5. The smallest absolute Gasteiger partial charge is 0.216 e. The second-order valence-corrected chi connectivity index (χ2v) is 3.84. The van der Waals surface area contributed by atoms with Crippen molar-refractivity contribution in [1.29, 1.82) is 0 Å². The number of aryl methyl sites for hydroxylation is 1. The molecule has 1 N–H and O–H groups in total. The van der Waals surface area contributed by atoms with Crippen molar-refractivity contribution in [2.24, 2.45) is 0 Å². The first-order valence-electron chi connectivity index (χ1n) is 5.84. The van der Waals surface area contributed by atoms with Gasteiger partial charge in [0.2, 0.25) is 5.88 Å². The topological polar surface area (TPSA) is 64.9 Å². The highest BCUT2D eigenvalue weighted by molar-refractivity contribution is 5.26. The Morgan fingerprint density at radius 1 is 1.44 bits per heavy atom. The molecule has 1 unspecified atom stereocenters. The maximum atomic E-state index is 5.11. The number of methoxy groups -OCH3 is 1. The van der Waals surface area contributed by atoms with Crippen molar-refractivity contribution in [3.05, 3.63) is 36.0 Å². The molecule has 0 fully saturated rings. The summed E-state index contributed by atoms with van der Waals surface area (Å²) in [5, 5.41) is 7.50. The summed E-state index contributed by atoms with van der Waals surface area (Å²) >= 11 is 0. The quantitative estimate of drug-likeness (QED) is 0.854. The number of hydrogen-bond donors (Lipinski definition) is 1. The van der Waals surface area contributed by atoms with Gasteiger partial charge in [-0.3, -0.25) is 4.68 Å². The van der Waals surface area contributed by atoms with Gasteiger partial charge in [0.15, 0.2) is 0 Å². The number of aromatic nitrogens is 4. The number of ether oxygens (including phenoxy) is 1. The van der Waals surface area contributed by atoms with Crippen LogP contribution in [0.2, 0.25) is 0 Å². The van der Waals surface area contributed by atoms with Gasteiger partial charge in [-0.1, -0.05) is 0 Å². The van der Waals surface area contributed by atoms with Crippen LogP contribution in [0.4, 0.5) is 0 Å². The van der Waals surface area contributed by atoms with Crippen molar-refractivity contribution in [2.75, 3.05) is 14.2 Å². The normalized spacial score (nSPS) is 12.4. The summed E-state index contributed by atoms with van der Waals surface area (Å²) in [6, 6.07) is 1.81. The number of nitrogens with one attached hydrogen (secondary N) is 1. The molecule has 0 aliphatic rings. The predicted molar refractivity (Wildman–Crippen MR) is 67.4 cm³/mol. The Bertz CT molecular complexity index is 511. The molecule has 1 atom stereocenters. The van der Waals surface area contributed by atoms with Gasteiger partial charge in [0.05, 0.1) is 25.0 Å². The van der Waals surface area contributed by atoms with Crippen LogP contribution in [-0.2, 0) is 6.54 Å². The summed E-state index contributed by atoms with van der Waals surface area (Å²) in [5.74, 6) is 0.558. The van der Waals surface area contributed by atoms with E-state index >= 15 is 0 Å². The van der Waals surface area contributed by atoms with Gasteiger partial charge in [-0.15, -0.1) is 0 Å². The molecule has 0 aliphatic heterocycles. The van der Waals surface area contributed by atoms with Crippen LogP contribution in [0.25, 0.3) is 0 Å². The molecule has 96 valence electrons. The lowest BCUT2D eigenvalue weighted by atomic mass is 10.1. The predicted octanol–water partition coefficient (Wildman–Crippen LogP) is 1.01. The molecule has 0 saturated heterocycles. The maximum Gasteiger partial charge on any atom is 0.216 e. The van der Waals surface area contributed by atoms with Gasteiger partial charge in [0.1, 0.15) is 6.33 Å². The third kappa shape index (κ3) is 2.48. The Morgan fingerprint density at radius 2 is 2.28 bits per heavy atom. The molecule has 2 aromatic rings. The summed E-state index contributed by atoms with van der Waals surface area (Å²) in [4.78, 5) is 8.29. The Labute approximate surface area is 106 Å². The van der Waals surface area contributed by atoms with Crippen molar-refractivity contribution in [3.8, 4) is 5.88 Å². The summed E-state index contributed by atoms with van der Waals surface area (Å²) in [6.07, 6.45) is 5.36. The first kappa shape index (κ1) is 12.5. The molecule has 2 rings (SSSR count). The molecule has 0 aliphatic carbocycles. The van der Waals surface area contributed by atoms with Crippen LogP contribution in [-0.4, -0.2) is 33.9 Å². The van der Waals surface area contributed by atoms with Gasteiger partial charge in [0.25, 0.3) is 0 Å². The zero-order valence-corrected chi connectivity index (χ0v) is 10.8. The van der Waals surface area contributed by atoms with Crippen molar-refractivity contribution >= 4 is 0 Å². The molecule has 0 radical (unpaired) electrons. The van der Waals surface area contributed by atoms with Crippen molar-refractivity contribution in [3.63, 3.8) is 0 Å². The largest absolute Gasteiger partial charge is 0.481 e. The van der Waals surface area contributed by atoms with E-state index in [9.17, 15) is 0 Å². The Kier molecular flexibility index (Phi) is 3.88. The molecule has 0 bridgehead atoms. The van der Waals surface area contributed by atoms with E-state index in [1.54, 1.807) is 7.11 Å². The first-order chi connectivity index (χ1) is 8.78. The second kappa shape index (κ2) is 5.59. The van der Waals surface area contributed by atoms with E-state index in [1.165, 1.54) is 6.33 Å². The van der Waals surface area contributed by atoms with E-state index in [0.29, 0.717) is 5.88 Å². The SMILES string of the molecule is CCn1cc(C(NC)c2cc(OC)ncn2)cn1. The lowest BCUT2D eigenvalue weighted by Gasteiger charge is -2.14. The number of nitrogens with zero attached hydrogens (tertiary/aromatic N) is 4. The third-order valence-electron chi connectivity index (χ3n) is 2.77. The molecular weight excluding hydrogens is 230 g/mol. The summed E-state index contributed by atoms with van der Waals surface area (Å²) in [7, 11) is 3.48. The third-order valence-corrected chi connectivity index (χ3v) is 2.77. The molecule has 6 nitrogen and oxygen atoms in total. The lowest BCUT2D eigenvalue weighted by molar-refractivity contribution is 0.395. The Balaban J connectivity index is 2.32. The van der Waals surface area contributed by atoms with Crippen LogP contribution in [0.1, 0.15) is 24.2 Å². The van der Waals surface area contributed by atoms with Crippen molar-refractivity contribution in [2.45, 2.75) is 19.5 Å². The van der Waals surface area contributed by atoms with Crippen LogP contribution in [0.15, 0.2) is 24.8 Å². The van der Waals surface area contributed by atoms with E-state index in [4.69, 9.17) is 4.74 Å². The van der Waals surface area contributed by atoms with E-state index in [1.807, 2.05) is 30.2 Å². The standard InChI is InChI=1S/C12H17N5O/c1-4-17-7-9(6-16-17)12(13-2)10-5-11(18-3)15-8-14-10/h5-8,12-13H,4H2,1-3H3. The highest BCUT2D eigenvalue weighted by Gasteiger charge is 2.16. The van der Waals surface area contributed by atoms with Crippen LogP contribution >= 0.6 is 0 Å². The van der Waals surface area contributed by atoms with Gasteiger partial charge >= 0.3 is 0 Å². The first-order valence-corrected chi connectivity index (χ1v) is 5.84. The number of rotatable bonds is 5. The van der Waals surface area contributed by atoms with Gasteiger partial charge in [-0.2, -0.15) is 5.10 Å². The minimum absolute atomic E-state index is 0.0119. The summed E-state index contributed by atoms with van der Waals surface area (Å²) < 4.78 is 7.00. The van der Waals surface area contributed by atoms with Crippen LogP contribution in [0, 0.1) is 0 Å². The zero-order valence-electron chi connectivity index (χ0n) is 10.8. The fraction of sp³-hybridized carbons (Fsp3) is 0.417. The average Bonchev–Trinajstić information content (AvgIpc) is 2.88. The minimum Gasteiger partial charge on any atom is -0.481 e. The Morgan fingerprint density at radius 3 is 2.89 bits per heavy atom. The van der Waals surface area contributed by atoms with Gasteiger partial charge < -0.3 is 10.1 Å². The molecular formula is C12H17N5O. The van der Waals surface area contributed by atoms with Crippen LogP contribution < -0.4 is 10.1 Å². The monoisotopic (exact) mass is 247 g/mol. The molecule has 2 aromatic heterocycles. The Hall–Kier alpha value is -1.95. The molecule has 2 heterocycles. The molecule has 6 heteroatoms. The molecule has 0 saturated carbocycles. The lowest BCUT2D eigenvalue weighted by Crippen LogP contribution is -2.18. The fourth-order valence-corrected chi connectivity index (χ4v) is 1.81. The summed E-state index contributed by atoms with van der Waals surface area (Å²) in [5.41, 5.74) is 1.93. The van der Waals surface area contributed by atoms with Gasteiger partial charge in [-0.25, -0.2) is 9.97 Å². The van der Waals surface area contributed by atoms with E-state index in [2.05, 4.69) is 27.3 Å². The molecule has 0 spiro atoms. The van der Waals surface area contributed by atoms with Crippen molar-refractivity contribution < 1.29 is 4.74 Å². The van der Waals surface area contributed by atoms with Gasteiger partial charge in [-0.05, 0) is 14.0 Å². The van der Waals surface area contributed by atoms with Gasteiger partial charge in [0, 0.05) is 24.4 Å². The zero-order chi connectivity index (χ0) is 13.0. The average molecular weight is 247 g/mol. The van der Waals surface area contributed by atoms with E-state index in [-0.39, 0.29) is 6.04 Å². The fourth-order valence-electron chi connectivity index (χ4n) is 1.81. The second-order valence-electron chi connectivity index (χ2n) is 3.84. The van der Waals surface area contributed by atoms with E-state index in [0.717, 1.165) is 17.8 Å². The minimum atomic E-state index is -0.0119. The molecule has 0 aromatic carbocycles. The highest BCUT2D eigenvalue weighted by Crippen LogP contribution is 2.21. The molecule has 18 heavy (non-hydrogen) atoms. The molecule has 0 amide bonds. The van der Waals surface area contributed by atoms with E-state index < -0.39 is 0 Å².